The molecule has 0 saturated heterocycles. The first-order valence-electron chi connectivity index (χ1n) is 8.68. The van der Waals surface area contributed by atoms with E-state index in [0.717, 1.165) is 35.6 Å². The lowest BCUT2D eigenvalue weighted by atomic mass is 9.95. The monoisotopic (exact) mass is 383 g/mol. The molecule has 2 unspecified atom stereocenters. The number of pyridine rings is 2. The molecule has 1 aliphatic carbocycles. The van der Waals surface area contributed by atoms with Gasteiger partial charge in [-0.05, 0) is 36.3 Å². The van der Waals surface area contributed by atoms with Crippen LogP contribution in [0.1, 0.15) is 51.6 Å². The number of nitrogens with zero attached hydrogens (tertiary/aromatic N) is 2. The molecule has 2 aromatic rings. The van der Waals surface area contributed by atoms with Crippen LogP contribution >= 0.6 is 11.6 Å². The highest BCUT2D eigenvalue weighted by molar-refractivity contribution is 7.84. The van der Waals surface area contributed by atoms with Gasteiger partial charge in [-0.2, -0.15) is 0 Å². The zero-order valence-electron chi connectivity index (χ0n) is 15.2. The summed E-state index contributed by atoms with van der Waals surface area (Å²) in [7, 11) is -0.790. The van der Waals surface area contributed by atoms with Crippen LogP contribution in [0.5, 0.6) is 5.88 Å². The second-order valence-corrected chi connectivity index (χ2v) is 7.97. The van der Waals surface area contributed by atoms with Gasteiger partial charge in [0.2, 0.25) is 5.88 Å². The predicted octanol–water partition coefficient (Wildman–Crippen LogP) is 4.01. The van der Waals surface area contributed by atoms with Crippen LogP contribution in [0.15, 0.2) is 18.5 Å². The SMILES string of the molecule is CC.CCC(N)c1cnc(OC2CC(S(C)=O)C2)c2cnc(Cl)cc12. The Morgan fingerprint density at radius 1 is 1.32 bits per heavy atom. The summed E-state index contributed by atoms with van der Waals surface area (Å²) in [5, 5.41) is 2.40. The number of ether oxygens (including phenoxy) is 1. The summed E-state index contributed by atoms with van der Waals surface area (Å²) in [5.41, 5.74) is 7.12. The Morgan fingerprint density at radius 2 is 2.00 bits per heavy atom. The fourth-order valence-corrected chi connectivity index (χ4v) is 3.89. The summed E-state index contributed by atoms with van der Waals surface area (Å²) in [6.07, 6.45) is 7.63. The van der Waals surface area contributed by atoms with Crippen LogP contribution in [0.3, 0.4) is 0 Å². The van der Waals surface area contributed by atoms with Crippen molar-refractivity contribution in [3.63, 3.8) is 0 Å². The molecule has 0 amide bonds. The molecule has 7 heteroatoms. The van der Waals surface area contributed by atoms with E-state index >= 15 is 0 Å². The van der Waals surface area contributed by atoms with Gasteiger partial charge in [0.15, 0.2) is 0 Å². The summed E-state index contributed by atoms with van der Waals surface area (Å²) in [5.74, 6) is 0.543. The highest BCUT2D eigenvalue weighted by atomic mass is 35.5. The third-order valence-corrected chi connectivity index (χ3v) is 5.90. The van der Waals surface area contributed by atoms with Crippen molar-refractivity contribution in [3.05, 3.63) is 29.2 Å². The van der Waals surface area contributed by atoms with Crippen molar-refractivity contribution >= 4 is 33.2 Å². The zero-order chi connectivity index (χ0) is 18.6. The Morgan fingerprint density at radius 3 is 2.60 bits per heavy atom. The molecule has 138 valence electrons. The van der Waals surface area contributed by atoms with Crippen molar-refractivity contribution in [1.82, 2.24) is 9.97 Å². The summed E-state index contributed by atoms with van der Waals surface area (Å²) < 4.78 is 17.4. The zero-order valence-corrected chi connectivity index (χ0v) is 16.7. The van der Waals surface area contributed by atoms with Gasteiger partial charge in [0, 0.05) is 40.7 Å². The summed E-state index contributed by atoms with van der Waals surface area (Å²) >= 11 is 6.04. The molecule has 0 radical (unpaired) electrons. The maximum atomic E-state index is 11.4. The van der Waals surface area contributed by atoms with Crippen LogP contribution in [-0.2, 0) is 10.8 Å². The van der Waals surface area contributed by atoms with E-state index in [1.165, 1.54) is 0 Å². The summed E-state index contributed by atoms with van der Waals surface area (Å²) in [6.45, 7) is 6.03. The van der Waals surface area contributed by atoms with E-state index in [0.29, 0.717) is 11.0 Å². The van der Waals surface area contributed by atoms with Crippen LogP contribution in [0, 0.1) is 0 Å². The molecule has 5 nitrogen and oxygen atoms in total. The normalized spacial score (nSPS) is 21.7. The number of fused-ring (bicyclic) bond motifs is 1. The maximum Gasteiger partial charge on any atom is 0.223 e. The molecule has 0 aromatic carbocycles. The van der Waals surface area contributed by atoms with Gasteiger partial charge in [0.05, 0.1) is 5.39 Å². The molecule has 2 heterocycles. The first kappa shape index (κ1) is 20.1. The molecule has 25 heavy (non-hydrogen) atoms. The van der Waals surface area contributed by atoms with Gasteiger partial charge < -0.3 is 10.5 Å². The molecule has 1 saturated carbocycles. The molecule has 2 N–H and O–H groups in total. The van der Waals surface area contributed by atoms with Crippen molar-refractivity contribution in [2.45, 2.75) is 57.4 Å². The van der Waals surface area contributed by atoms with Crippen molar-refractivity contribution in [2.24, 2.45) is 5.73 Å². The fourth-order valence-electron chi connectivity index (χ4n) is 2.76. The Kier molecular flexibility index (Phi) is 7.16. The quantitative estimate of drug-likeness (QED) is 0.789. The van der Waals surface area contributed by atoms with E-state index < -0.39 is 10.8 Å². The van der Waals surface area contributed by atoms with Crippen LogP contribution in [0.25, 0.3) is 10.8 Å². The molecule has 2 atom stereocenters. The molecule has 1 aliphatic rings. The van der Waals surface area contributed by atoms with E-state index in [1.54, 1.807) is 24.7 Å². The predicted molar refractivity (Wildman–Crippen MR) is 105 cm³/mol. The molecule has 0 spiro atoms. The third kappa shape index (κ3) is 4.49. The number of hydrogen-bond acceptors (Lipinski definition) is 5. The van der Waals surface area contributed by atoms with E-state index in [2.05, 4.69) is 9.97 Å². The third-order valence-electron chi connectivity index (χ3n) is 4.37. The Labute approximate surface area is 156 Å². The number of halogens is 1. The lowest BCUT2D eigenvalue weighted by Crippen LogP contribution is -2.40. The molecule has 3 rings (SSSR count). The smallest absolute Gasteiger partial charge is 0.223 e. The van der Waals surface area contributed by atoms with E-state index in [4.69, 9.17) is 22.1 Å². The molecule has 1 fully saturated rings. The lowest BCUT2D eigenvalue weighted by Gasteiger charge is -2.33. The number of rotatable bonds is 5. The van der Waals surface area contributed by atoms with Gasteiger partial charge >= 0.3 is 0 Å². The molecule has 2 aromatic heterocycles. The molecular weight excluding hydrogens is 358 g/mol. The molecule has 0 aliphatic heterocycles. The standard InChI is InChI=1S/C16H20ClN3O2S.C2H6/c1-3-14(18)12-7-20-16(13-8-19-15(17)6-11(12)13)22-9-4-10(5-9)23(2)21;1-2/h6-10,14H,3-5,18H2,1-2H3;1-2H3. The summed E-state index contributed by atoms with van der Waals surface area (Å²) in [4.78, 5) is 8.58. The summed E-state index contributed by atoms with van der Waals surface area (Å²) in [6, 6.07) is 1.70. The van der Waals surface area contributed by atoms with Gasteiger partial charge in [-0.25, -0.2) is 9.97 Å². The first-order valence-corrected chi connectivity index (χ1v) is 10.7. The van der Waals surface area contributed by atoms with Gasteiger partial charge in [-0.3, -0.25) is 4.21 Å². The molecular formula is C18H26ClN3O2S. The second kappa shape index (κ2) is 8.92. The lowest BCUT2D eigenvalue weighted by molar-refractivity contribution is 0.121. The topological polar surface area (TPSA) is 78.1 Å². The maximum absolute atomic E-state index is 11.4. The van der Waals surface area contributed by atoms with Crippen molar-refractivity contribution in [2.75, 3.05) is 6.26 Å². The highest BCUT2D eigenvalue weighted by Gasteiger charge is 2.34. The average molecular weight is 384 g/mol. The van der Waals surface area contributed by atoms with Gasteiger partial charge in [0.1, 0.15) is 11.3 Å². The first-order chi connectivity index (χ1) is 12.0. The highest BCUT2D eigenvalue weighted by Crippen LogP contribution is 2.34. The number of nitrogens with two attached hydrogens (primary N) is 1. The van der Waals surface area contributed by atoms with E-state index in [-0.39, 0.29) is 17.4 Å². The largest absolute Gasteiger partial charge is 0.474 e. The van der Waals surface area contributed by atoms with E-state index in [1.807, 2.05) is 20.8 Å². The Hall–Kier alpha value is -1.24. The minimum absolute atomic E-state index is 0.0565. The van der Waals surface area contributed by atoms with Crippen LogP contribution in [-0.4, -0.2) is 31.8 Å². The van der Waals surface area contributed by atoms with Crippen LogP contribution in [0.4, 0.5) is 0 Å². The average Bonchev–Trinajstić information content (AvgIpc) is 2.58. The number of aromatic nitrogens is 2. The fraction of sp³-hybridized carbons (Fsp3) is 0.556. The van der Waals surface area contributed by atoms with Crippen LogP contribution in [0.2, 0.25) is 5.15 Å². The molecule has 0 bridgehead atoms. The van der Waals surface area contributed by atoms with Crippen molar-refractivity contribution < 1.29 is 8.95 Å². The Balaban J connectivity index is 0.00000109. The number of hydrogen-bond donors (Lipinski definition) is 1. The van der Waals surface area contributed by atoms with Crippen molar-refractivity contribution in [1.29, 1.82) is 0 Å². The van der Waals surface area contributed by atoms with Gasteiger partial charge in [-0.15, -0.1) is 0 Å². The van der Waals surface area contributed by atoms with Gasteiger partial charge in [-0.1, -0.05) is 32.4 Å². The van der Waals surface area contributed by atoms with Crippen molar-refractivity contribution in [3.8, 4) is 5.88 Å². The van der Waals surface area contributed by atoms with Crippen LogP contribution < -0.4 is 10.5 Å². The Bertz CT molecular complexity index is 750. The second-order valence-electron chi connectivity index (χ2n) is 5.92. The minimum atomic E-state index is -0.790. The van der Waals surface area contributed by atoms with E-state index in [9.17, 15) is 4.21 Å². The minimum Gasteiger partial charge on any atom is -0.474 e. The van der Waals surface area contributed by atoms with Gasteiger partial charge in [0.25, 0.3) is 0 Å².